The summed E-state index contributed by atoms with van der Waals surface area (Å²) < 4.78 is 0. The molecule has 0 saturated carbocycles. The lowest BCUT2D eigenvalue weighted by Crippen LogP contribution is -2.46. The van der Waals surface area contributed by atoms with E-state index in [1.165, 1.54) is 0 Å². The highest BCUT2D eigenvalue weighted by Gasteiger charge is 2.25. The first-order valence-electron chi connectivity index (χ1n) is 7.52. The molecule has 2 aliphatic rings. The van der Waals surface area contributed by atoms with Gasteiger partial charge in [0.1, 0.15) is 5.82 Å². The van der Waals surface area contributed by atoms with Crippen LogP contribution in [-0.2, 0) is 6.42 Å². The molecule has 1 fully saturated rings. The standard InChI is InChI=1S/C14H23N5O/c1-10(2)19-7-3-4-11-12(19)16-14(17-13(11)20)18-8-5-15-6-9-18/h10,15H,3-9H2,1-2H3,(H,16,17,20). The highest BCUT2D eigenvalue weighted by molar-refractivity contribution is 5.52. The summed E-state index contributed by atoms with van der Waals surface area (Å²) in [5, 5.41) is 3.32. The van der Waals surface area contributed by atoms with Crippen LogP contribution >= 0.6 is 0 Å². The van der Waals surface area contributed by atoms with Gasteiger partial charge in [-0.25, -0.2) is 0 Å². The summed E-state index contributed by atoms with van der Waals surface area (Å²) in [7, 11) is 0. The number of nitrogens with one attached hydrogen (secondary N) is 2. The molecule has 0 amide bonds. The van der Waals surface area contributed by atoms with E-state index in [1.54, 1.807) is 0 Å². The van der Waals surface area contributed by atoms with E-state index >= 15 is 0 Å². The Hall–Kier alpha value is -1.56. The summed E-state index contributed by atoms with van der Waals surface area (Å²) in [5.74, 6) is 1.62. The lowest BCUT2D eigenvalue weighted by molar-refractivity contribution is 0.572. The number of piperazine rings is 1. The molecule has 0 unspecified atom stereocenters. The van der Waals surface area contributed by atoms with E-state index in [9.17, 15) is 4.79 Å². The Morgan fingerprint density at radius 3 is 2.65 bits per heavy atom. The van der Waals surface area contributed by atoms with Gasteiger partial charge >= 0.3 is 0 Å². The molecule has 1 aromatic heterocycles. The highest BCUT2D eigenvalue weighted by Crippen LogP contribution is 2.25. The van der Waals surface area contributed by atoms with Crippen molar-refractivity contribution < 1.29 is 0 Å². The van der Waals surface area contributed by atoms with Gasteiger partial charge in [-0.15, -0.1) is 0 Å². The molecule has 1 saturated heterocycles. The fourth-order valence-electron chi connectivity index (χ4n) is 3.00. The maximum Gasteiger partial charge on any atom is 0.257 e. The van der Waals surface area contributed by atoms with Gasteiger partial charge in [0, 0.05) is 38.8 Å². The fourth-order valence-corrected chi connectivity index (χ4v) is 3.00. The molecular formula is C14H23N5O. The normalized spacial score (nSPS) is 19.4. The number of anilines is 2. The van der Waals surface area contributed by atoms with Gasteiger partial charge in [0.2, 0.25) is 5.95 Å². The molecule has 6 heteroatoms. The lowest BCUT2D eigenvalue weighted by Gasteiger charge is -2.34. The van der Waals surface area contributed by atoms with Crippen molar-refractivity contribution >= 4 is 11.8 Å². The van der Waals surface area contributed by atoms with Gasteiger partial charge < -0.3 is 15.1 Å². The van der Waals surface area contributed by atoms with Crippen LogP contribution in [0, 0.1) is 0 Å². The van der Waals surface area contributed by atoms with E-state index in [4.69, 9.17) is 4.98 Å². The van der Waals surface area contributed by atoms with Gasteiger partial charge in [-0.3, -0.25) is 9.78 Å². The van der Waals surface area contributed by atoms with E-state index in [0.717, 1.165) is 62.9 Å². The van der Waals surface area contributed by atoms with Crippen LogP contribution in [0.25, 0.3) is 0 Å². The number of aromatic amines is 1. The van der Waals surface area contributed by atoms with E-state index in [0.29, 0.717) is 6.04 Å². The Morgan fingerprint density at radius 2 is 1.95 bits per heavy atom. The number of aromatic nitrogens is 2. The molecule has 110 valence electrons. The lowest BCUT2D eigenvalue weighted by atomic mass is 10.1. The summed E-state index contributed by atoms with van der Waals surface area (Å²) >= 11 is 0. The second kappa shape index (κ2) is 5.44. The van der Waals surface area contributed by atoms with Crippen LogP contribution in [-0.4, -0.2) is 48.7 Å². The zero-order valence-electron chi connectivity index (χ0n) is 12.3. The van der Waals surface area contributed by atoms with Crippen molar-refractivity contribution in [1.29, 1.82) is 0 Å². The maximum absolute atomic E-state index is 12.3. The number of hydrogen-bond donors (Lipinski definition) is 2. The minimum atomic E-state index is 0.0360. The van der Waals surface area contributed by atoms with E-state index in [1.807, 2.05) is 0 Å². The first-order valence-corrected chi connectivity index (χ1v) is 7.52. The van der Waals surface area contributed by atoms with Crippen molar-refractivity contribution in [3.63, 3.8) is 0 Å². The van der Waals surface area contributed by atoms with Crippen molar-refractivity contribution in [3.05, 3.63) is 15.9 Å². The number of rotatable bonds is 2. The van der Waals surface area contributed by atoms with Crippen molar-refractivity contribution in [2.45, 2.75) is 32.7 Å². The summed E-state index contributed by atoms with van der Waals surface area (Å²) in [6, 6.07) is 0.374. The second-order valence-corrected chi connectivity index (χ2v) is 5.82. The van der Waals surface area contributed by atoms with Crippen LogP contribution in [0.5, 0.6) is 0 Å². The molecule has 6 nitrogen and oxygen atoms in total. The first kappa shape index (κ1) is 13.4. The van der Waals surface area contributed by atoms with Crippen molar-refractivity contribution in [3.8, 4) is 0 Å². The predicted molar refractivity (Wildman–Crippen MR) is 80.7 cm³/mol. The molecule has 2 N–H and O–H groups in total. The summed E-state index contributed by atoms with van der Waals surface area (Å²) in [6.07, 6.45) is 1.87. The van der Waals surface area contributed by atoms with Crippen LogP contribution in [0.3, 0.4) is 0 Å². The molecule has 2 aliphatic heterocycles. The molecule has 3 rings (SSSR count). The summed E-state index contributed by atoms with van der Waals surface area (Å²) in [5.41, 5.74) is 0.887. The first-order chi connectivity index (χ1) is 9.66. The maximum atomic E-state index is 12.3. The molecule has 0 spiro atoms. The largest absolute Gasteiger partial charge is 0.354 e. The minimum Gasteiger partial charge on any atom is -0.354 e. The van der Waals surface area contributed by atoms with E-state index in [2.05, 4.69) is 33.9 Å². The highest BCUT2D eigenvalue weighted by atomic mass is 16.1. The molecule has 0 bridgehead atoms. The zero-order valence-corrected chi connectivity index (χ0v) is 12.3. The summed E-state index contributed by atoms with van der Waals surface area (Å²) in [6.45, 7) is 8.96. The van der Waals surface area contributed by atoms with Crippen LogP contribution in [0.2, 0.25) is 0 Å². The molecule has 20 heavy (non-hydrogen) atoms. The Balaban J connectivity index is 2.00. The van der Waals surface area contributed by atoms with E-state index in [-0.39, 0.29) is 5.56 Å². The van der Waals surface area contributed by atoms with Gasteiger partial charge in [-0.05, 0) is 26.7 Å². The van der Waals surface area contributed by atoms with Gasteiger partial charge in [-0.1, -0.05) is 0 Å². The van der Waals surface area contributed by atoms with Crippen molar-refractivity contribution in [2.75, 3.05) is 42.5 Å². The number of hydrogen-bond acceptors (Lipinski definition) is 5. The Kier molecular flexibility index (Phi) is 3.65. The third kappa shape index (κ3) is 2.40. The van der Waals surface area contributed by atoms with Gasteiger partial charge in [0.25, 0.3) is 5.56 Å². The topological polar surface area (TPSA) is 64.3 Å². The van der Waals surface area contributed by atoms with Crippen molar-refractivity contribution in [1.82, 2.24) is 15.3 Å². The molecule has 1 aromatic rings. The van der Waals surface area contributed by atoms with Gasteiger partial charge in [-0.2, -0.15) is 4.98 Å². The fraction of sp³-hybridized carbons (Fsp3) is 0.714. The molecule has 3 heterocycles. The SMILES string of the molecule is CC(C)N1CCCc2c1nc(N1CCNCC1)[nH]c2=O. The van der Waals surface area contributed by atoms with Crippen LogP contribution < -0.4 is 20.7 Å². The zero-order chi connectivity index (χ0) is 14.1. The average molecular weight is 277 g/mol. The number of fused-ring (bicyclic) bond motifs is 1. The van der Waals surface area contributed by atoms with E-state index < -0.39 is 0 Å². The molecule has 0 aromatic carbocycles. The minimum absolute atomic E-state index is 0.0360. The van der Waals surface area contributed by atoms with Gasteiger partial charge in [0.05, 0.1) is 5.56 Å². The predicted octanol–water partition coefficient (Wildman–Crippen LogP) is 0.341. The quantitative estimate of drug-likeness (QED) is 0.816. The molecule has 0 radical (unpaired) electrons. The monoisotopic (exact) mass is 277 g/mol. The van der Waals surface area contributed by atoms with Crippen LogP contribution in [0.4, 0.5) is 11.8 Å². The average Bonchev–Trinajstić information content (AvgIpc) is 2.47. The second-order valence-electron chi connectivity index (χ2n) is 5.82. The third-order valence-corrected chi connectivity index (χ3v) is 4.12. The number of nitrogens with zero attached hydrogens (tertiary/aromatic N) is 3. The molecule has 0 aliphatic carbocycles. The van der Waals surface area contributed by atoms with Crippen molar-refractivity contribution in [2.24, 2.45) is 0 Å². The Morgan fingerprint density at radius 1 is 1.20 bits per heavy atom. The molecular weight excluding hydrogens is 254 g/mol. The third-order valence-electron chi connectivity index (χ3n) is 4.12. The van der Waals surface area contributed by atoms with Gasteiger partial charge in [0.15, 0.2) is 0 Å². The van der Waals surface area contributed by atoms with Crippen LogP contribution in [0.1, 0.15) is 25.8 Å². The molecule has 0 atom stereocenters. The smallest absolute Gasteiger partial charge is 0.257 e. The number of H-pyrrole nitrogens is 1. The Bertz CT molecular complexity index is 533. The summed E-state index contributed by atoms with van der Waals surface area (Å²) in [4.78, 5) is 24.5. The Labute approximate surface area is 119 Å². The van der Waals surface area contributed by atoms with Crippen LogP contribution in [0.15, 0.2) is 4.79 Å².